The van der Waals surface area contributed by atoms with Crippen LogP contribution in [0.2, 0.25) is 0 Å². The van der Waals surface area contributed by atoms with Gasteiger partial charge in [-0.05, 0) is 25.2 Å². The van der Waals surface area contributed by atoms with E-state index in [9.17, 15) is 0 Å². The van der Waals surface area contributed by atoms with Gasteiger partial charge in [-0.15, -0.1) is 0 Å². The summed E-state index contributed by atoms with van der Waals surface area (Å²) in [5.74, 6) is 2.28. The minimum absolute atomic E-state index is 0.531. The lowest BCUT2D eigenvalue weighted by molar-refractivity contribution is 0.349. The zero-order valence-electron chi connectivity index (χ0n) is 11.4. The van der Waals surface area contributed by atoms with Crippen LogP contribution in [0.25, 0.3) is 0 Å². The molecule has 18 heavy (non-hydrogen) atoms. The molecule has 0 amide bonds. The van der Waals surface area contributed by atoms with Crippen LogP contribution in [0.5, 0.6) is 0 Å². The Kier molecular flexibility index (Phi) is 4.39. The van der Waals surface area contributed by atoms with Gasteiger partial charge in [0.05, 0.1) is 0 Å². The molecule has 1 aliphatic carbocycles. The highest BCUT2D eigenvalue weighted by Crippen LogP contribution is 2.28. The molecule has 0 aromatic carbocycles. The van der Waals surface area contributed by atoms with Crippen LogP contribution in [-0.2, 0) is 6.42 Å². The summed E-state index contributed by atoms with van der Waals surface area (Å²) >= 11 is 0. The van der Waals surface area contributed by atoms with Crippen molar-refractivity contribution >= 4 is 11.6 Å². The highest BCUT2D eigenvalue weighted by atomic mass is 15.1. The summed E-state index contributed by atoms with van der Waals surface area (Å²) in [6, 6.07) is 0.531. The smallest absolute Gasteiger partial charge is 0.134 e. The van der Waals surface area contributed by atoms with Crippen LogP contribution in [0.3, 0.4) is 0 Å². The highest BCUT2D eigenvalue weighted by Gasteiger charge is 2.22. The largest absolute Gasteiger partial charge is 0.383 e. The van der Waals surface area contributed by atoms with Crippen LogP contribution in [0.1, 0.15) is 51.5 Å². The quantitative estimate of drug-likeness (QED) is 0.859. The van der Waals surface area contributed by atoms with Gasteiger partial charge in [0.25, 0.3) is 0 Å². The minimum atomic E-state index is 0.531. The SMILES string of the molecule is CCCc1c(N)ncnc1NC1CCCCC1C. The van der Waals surface area contributed by atoms with Gasteiger partial charge in [-0.2, -0.15) is 0 Å². The van der Waals surface area contributed by atoms with Crippen molar-refractivity contribution in [3.63, 3.8) is 0 Å². The molecular formula is C14H24N4. The number of aromatic nitrogens is 2. The molecule has 4 heteroatoms. The summed E-state index contributed by atoms with van der Waals surface area (Å²) in [5, 5.41) is 3.59. The summed E-state index contributed by atoms with van der Waals surface area (Å²) in [6.45, 7) is 4.47. The second kappa shape index (κ2) is 6.03. The van der Waals surface area contributed by atoms with Crippen LogP contribution in [0.15, 0.2) is 6.33 Å². The van der Waals surface area contributed by atoms with Gasteiger partial charge in [0.15, 0.2) is 0 Å². The first-order valence-corrected chi connectivity index (χ1v) is 7.08. The predicted molar refractivity (Wildman–Crippen MR) is 75.5 cm³/mol. The van der Waals surface area contributed by atoms with E-state index in [1.54, 1.807) is 6.33 Å². The molecule has 1 fully saturated rings. The van der Waals surface area contributed by atoms with Crippen molar-refractivity contribution in [2.45, 2.75) is 58.4 Å². The fourth-order valence-electron chi connectivity index (χ4n) is 2.75. The third-order valence-corrected chi connectivity index (χ3v) is 3.91. The zero-order valence-corrected chi connectivity index (χ0v) is 11.4. The van der Waals surface area contributed by atoms with Crippen molar-refractivity contribution in [1.82, 2.24) is 9.97 Å². The van der Waals surface area contributed by atoms with Crippen LogP contribution >= 0.6 is 0 Å². The van der Waals surface area contributed by atoms with Crippen LogP contribution in [0, 0.1) is 5.92 Å². The van der Waals surface area contributed by atoms with Crippen molar-refractivity contribution in [1.29, 1.82) is 0 Å². The Balaban J connectivity index is 2.14. The van der Waals surface area contributed by atoms with E-state index in [1.807, 2.05) is 0 Å². The Hall–Kier alpha value is -1.32. The normalized spacial score (nSPS) is 23.9. The van der Waals surface area contributed by atoms with Crippen molar-refractivity contribution in [3.8, 4) is 0 Å². The number of hydrogen-bond acceptors (Lipinski definition) is 4. The summed E-state index contributed by atoms with van der Waals surface area (Å²) in [4.78, 5) is 8.48. The average molecular weight is 248 g/mol. The Morgan fingerprint density at radius 3 is 2.83 bits per heavy atom. The molecule has 1 heterocycles. The second-order valence-corrected chi connectivity index (χ2v) is 5.35. The molecule has 3 N–H and O–H groups in total. The third-order valence-electron chi connectivity index (χ3n) is 3.91. The maximum atomic E-state index is 5.96. The number of nitrogens with one attached hydrogen (secondary N) is 1. The van der Waals surface area contributed by atoms with Crippen molar-refractivity contribution in [3.05, 3.63) is 11.9 Å². The molecule has 1 aliphatic rings. The van der Waals surface area contributed by atoms with Gasteiger partial charge in [-0.25, -0.2) is 9.97 Å². The van der Waals surface area contributed by atoms with E-state index in [4.69, 9.17) is 5.73 Å². The van der Waals surface area contributed by atoms with Crippen molar-refractivity contribution < 1.29 is 0 Å². The number of rotatable bonds is 4. The molecule has 100 valence electrons. The molecule has 0 spiro atoms. The Morgan fingerprint density at radius 1 is 1.33 bits per heavy atom. The minimum Gasteiger partial charge on any atom is -0.383 e. The molecule has 4 nitrogen and oxygen atoms in total. The van der Waals surface area contributed by atoms with E-state index in [1.165, 1.54) is 25.7 Å². The van der Waals surface area contributed by atoms with Gasteiger partial charge >= 0.3 is 0 Å². The Morgan fingerprint density at radius 2 is 2.11 bits per heavy atom. The Labute approximate surface area is 109 Å². The predicted octanol–water partition coefficient (Wildman–Crippen LogP) is 3.00. The number of anilines is 2. The average Bonchev–Trinajstić information content (AvgIpc) is 2.36. The monoisotopic (exact) mass is 248 g/mol. The first-order chi connectivity index (χ1) is 8.72. The van der Waals surface area contributed by atoms with Gasteiger partial charge in [0.1, 0.15) is 18.0 Å². The molecule has 2 rings (SSSR count). The third kappa shape index (κ3) is 2.92. The molecule has 2 unspecified atom stereocenters. The fourth-order valence-corrected chi connectivity index (χ4v) is 2.75. The number of nitrogen functional groups attached to an aromatic ring is 1. The molecule has 0 saturated heterocycles. The van der Waals surface area contributed by atoms with E-state index in [-0.39, 0.29) is 0 Å². The standard InChI is InChI=1S/C14H24N4/c1-3-6-11-13(15)16-9-17-14(11)18-12-8-5-4-7-10(12)2/h9-10,12H,3-8H2,1-2H3,(H3,15,16,17,18). The maximum Gasteiger partial charge on any atom is 0.134 e. The molecule has 2 atom stereocenters. The van der Waals surface area contributed by atoms with Gasteiger partial charge in [0.2, 0.25) is 0 Å². The molecular weight excluding hydrogens is 224 g/mol. The number of nitrogens with two attached hydrogens (primary N) is 1. The number of nitrogens with zero attached hydrogens (tertiary/aromatic N) is 2. The van der Waals surface area contributed by atoms with Crippen molar-refractivity contribution in [2.24, 2.45) is 5.92 Å². The summed E-state index contributed by atoms with van der Waals surface area (Å²) < 4.78 is 0. The Bertz CT molecular complexity index is 391. The van der Waals surface area contributed by atoms with Gasteiger partial charge in [0, 0.05) is 11.6 Å². The summed E-state index contributed by atoms with van der Waals surface area (Å²) in [6.07, 6.45) is 8.77. The molecule has 0 bridgehead atoms. The lowest BCUT2D eigenvalue weighted by Gasteiger charge is -2.30. The zero-order chi connectivity index (χ0) is 13.0. The van der Waals surface area contributed by atoms with Crippen LogP contribution in [-0.4, -0.2) is 16.0 Å². The van der Waals surface area contributed by atoms with E-state index in [0.717, 1.165) is 24.2 Å². The molecule has 0 aliphatic heterocycles. The van der Waals surface area contributed by atoms with Gasteiger partial charge in [-0.3, -0.25) is 0 Å². The molecule has 1 saturated carbocycles. The topological polar surface area (TPSA) is 63.8 Å². The first-order valence-electron chi connectivity index (χ1n) is 7.08. The van der Waals surface area contributed by atoms with E-state index in [0.29, 0.717) is 17.8 Å². The first kappa shape index (κ1) is 13.1. The summed E-state index contributed by atoms with van der Waals surface area (Å²) in [5.41, 5.74) is 7.04. The fraction of sp³-hybridized carbons (Fsp3) is 0.714. The highest BCUT2D eigenvalue weighted by molar-refractivity contribution is 5.55. The summed E-state index contributed by atoms with van der Waals surface area (Å²) in [7, 11) is 0. The maximum absolute atomic E-state index is 5.96. The van der Waals surface area contributed by atoms with Gasteiger partial charge < -0.3 is 11.1 Å². The van der Waals surface area contributed by atoms with E-state index >= 15 is 0 Å². The second-order valence-electron chi connectivity index (χ2n) is 5.35. The van der Waals surface area contributed by atoms with E-state index in [2.05, 4.69) is 29.1 Å². The lowest BCUT2D eigenvalue weighted by Crippen LogP contribution is -2.31. The molecule has 1 aromatic heterocycles. The number of hydrogen-bond donors (Lipinski definition) is 2. The van der Waals surface area contributed by atoms with Gasteiger partial charge in [-0.1, -0.05) is 33.1 Å². The van der Waals surface area contributed by atoms with Crippen LogP contribution in [0.4, 0.5) is 11.6 Å². The molecule has 0 radical (unpaired) electrons. The molecule has 1 aromatic rings. The lowest BCUT2D eigenvalue weighted by atomic mass is 9.86. The van der Waals surface area contributed by atoms with Crippen LogP contribution < -0.4 is 11.1 Å². The van der Waals surface area contributed by atoms with Crippen molar-refractivity contribution in [2.75, 3.05) is 11.1 Å². The van der Waals surface area contributed by atoms with E-state index < -0.39 is 0 Å².